The van der Waals surface area contributed by atoms with E-state index in [9.17, 15) is 18.0 Å². The van der Waals surface area contributed by atoms with E-state index in [1.807, 2.05) is 0 Å². The molecule has 2 aromatic carbocycles. The van der Waals surface area contributed by atoms with Crippen molar-refractivity contribution >= 4 is 43.6 Å². The fourth-order valence-electron chi connectivity index (χ4n) is 2.42. The molecule has 0 aliphatic carbocycles. The van der Waals surface area contributed by atoms with E-state index < -0.39 is 27.9 Å². The molecule has 0 fully saturated rings. The number of hydrazine groups is 1. The summed E-state index contributed by atoms with van der Waals surface area (Å²) in [5.74, 6) is -1.00. The van der Waals surface area contributed by atoms with Crippen LogP contribution in [0.2, 0.25) is 0 Å². The number of carbonyl (C=O) groups is 2. The van der Waals surface area contributed by atoms with Crippen LogP contribution in [0.15, 0.2) is 62.9 Å². The van der Waals surface area contributed by atoms with Crippen LogP contribution < -0.4 is 15.6 Å². The van der Waals surface area contributed by atoms with Crippen LogP contribution in [0.25, 0.3) is 0 Å². The lowest BCUT2D eigenvalue weighted by Gasteiger charge is -2.11. The number of aliphatic imine (C=N–C) groups is 1. The van der Waals surface area contributed by atoms with Crippen LogP contribution >= 0.6 is 15.9 Å². The van der Waals surface area contributed by atoms with Crippen LogP contribution in [0.5, 0.6) is 0 Å². The van der Waals surface area contributed by atoms with E-state index in [-0.39, 0.29) is 10.7 Å². The highest BCUT2D eigenvalue weighted by molar-refractivity contribution is 9.10. The van der Waals surface area contributed by atoms with Gasteiger partial charge < -0.3 is 0 Å². The molecule has 0 saturated heterocycles. The number of sulfonamides is 1. The van der Waals surface area contributed by atoms with Gasteiger partial charge in [0.15, 0.2) is 0 Å². The van der Waals surface area contributed by atoms with Crippen molar-refractivity contribution in [2.24, 2.45) is 4.99 Å². The summed E-state index contributed by atoms with van der Waals surface area (Å²) in [6, 6.07) is 12.2. The van der Waals surface area contributed by atoms with E-state index in [2.05, 4.69) is 36.5 Å². The normalized spacial score (nSPS) is 16.9. The molecular weight excluding hydrogens is 436 g/mol. The monoisotopic (exact) mass is 450 g/mol. The molecular formula is C17H15BrN4O4S. The van der Waals surface area contributed by atoms with E-state index in [1.54, 1.807) is 42.5 Å². The number of rotatable bonds is 3. The van der Waals surface area contributed by atoms with Gasteiger partial charge in [-0.05, 0) is 47.1 Å². The second kappa shape index (κ2) is 7.49. The molecule has 1 atom stereocenters. The van der Waals surface area contributed by atoms with E-state index in [0.717, 1.165) is 0 Å². The zero-order valence-electron chi connectivity index (χ0n) is 14.1. The quantitative estimate of drug-likeness (QED) is 0.611. The topological polar surface area (TPSA) is 117 Å². The Balaban J connectivity index is 1.69. The van der Waals surface area contributed by atoms with Gasteiger partial charge in [-0.2, -0.15) is 0 Å². The van der Waals surface area contributed by atoms with E-state index in [0.29, 0.717) is 15.6 Å². The smallest absolute Gasteiger partial charge is 0.270 e. The maximum atomic E-state index is 12.2. The minimum Gasteiger partial charge on any atom is -0.271 e. The first-order valence-electron chi connectivity index (χ1n) is 7.84. The summed E-state index contributed by atoms with van der Waals surface area (Å²) >= 11 is 3.26. The van der Waals surface area contributed by atoms with E-state index in [4.69, 9.17) is 0 Å². The predicted octanol–water partition coefficient (Wildman–Crippen LogP) is 1.34. The van der Waals surface area contributed by atoms with Gasteiger partial charge in [-0.15, -0.1) is 0 Å². The Morgan fingerprint density at radius 2 is 1.74 bits per heavy atom. The fourth-order valence-corrected chi connectivity index (χ4v) is 4.12. The van der Waals surface area contributed by atoms with E-state index >= 15 is 0 Å². The van der Waals surface area contributed by atoms with Crippen LogP contribution in [-0.4, -0.2) is 32.1 Å². The number of amidine groups is 1. The molecule has 2 amide bonds. The molecule has 1 aliphatic rings. The molecule has 0 radical (unpaired) electrons. The van der Waals surface area contributed by atoms with Gasteiger partial charge in [-0.1, -0.05) is 24.3 Å². The molecule has 27 heavy (non-hydrogen) atoms. The second-order valence-corrected chi connectivity index (χ2v) is 8.18. The number of nitrogens with one attached hydrogen (secondary N) is 3. The summed E-state index contributed by atoms with van der Waals surface area (Å²) in [7, 11) is -3.68. The molecule has 2 aromatic rings. The van der Waals surface area contributed by atoms with Crippen LogP contribution in [0, 0.1) is 0 Å². The average Bonchev–Trinajstić information content (AvgIpc) is 2.90. The third-order valence-corrected chi connectivity index (χ3v) is 5.87. The molecule has 1 aliphatic heterocycles. The number of hydrogen-bond acceptors (Lipinski definition) is 5. The summed E-state index contributed by atoms with van der Waals surface area (Å²) in [6.45, 7) is 1.49. The molecule has 3 N–H and O–H groups in total. The maximum absolute atomic E-state index is 12.2. The van der Waals surface area contributed by atoms with Gasteiger partial charge in [-0.25, -0.2) is 8.42 Å². The van der Waals surface area contributed by atoms with Gasteiger partial charge in [0.25, 0.3) is 21.8 Å². The van der Waals surface area contributed by atoms with Gasteiger partial charge in [0, 0.05) is 10.0 Å². The Morgan fingerprint density at radius 1 is 1.07 bits per heavy atom. The molecule has 1 heterocycles. The molecule has 8 nitrogen and oxygen atoms in total. The first-order valence-corrected chi connectivity index (χ1v) is 10.1. The third-order valence-electron chi connectivity index (χ3n) is 3.78. The number of benzene rings is 2. The van der Waals surface area contributed by atoms with Crippen molar-refractivity contribution in [2.45, 2.75) is 17.9 Å². The molecule has 0 saturated carbocycles. The highest BCUT2D eigenvalue weighted by Gasteiger charge is 2.31. The zero-order chi connectivity index (χ0) is 19.6. The molecule has 0 bridgehead atoms. The van der Waals surface area contributed by atoms with E-state index in [1.165, 1.54) is 13.0 Å². The highest BCUT2D eigenvalue weighted by atomic mass is 79.9. The standard InChI is InChI=1S/C17H15BrN4O4S/c1-10(16(23)20-21-17(24)11-6-2-4-8-13(11)18)19-15-12-7-3-5-9-14(12)27(25,26)22-15/h2-10H,1H3,(H,19,22)(H,20,23)(H,21,24)/t10-/m1/s1. The number of nitrogens with zero attached hydrogens (tertiary/aromatic N) is 1. The number of fused-ring (bicyclic) bond motifs is 1. The summed E-state index contributed by atoms with van der Waals surface area (Å²) in [4.78, 5) is 28.6. The molecule has 0 unspecified atom stereocenters. The molecule has 10 heteroatoms. The second-order valence-electron chi connectivity index (χ2n) is 5.68. The molecule has 0 aromatic heterocycles. The number of amides is 2. The van der Waals surface area contributed by atoms with Crippen LogP contribution in [0.3, 0.4) is 0 Å². The minimum absolute atomic E-state index is 0.0883. The lowest BCUT2D eigenvalue weighted by atomic mass is 10.2. The molecule has 0 spiro atoms. The Bertz CT molecular complexity index is 1050. The number of carbonyl (C=O) groups excluding carboxylic acids is 2. The van der Waals surface area contributed by atoms with Crippen LogP contribution in [0.4, 0.5) is 0 Å². The average molecular weight is 451 g/mol. The summed E-state index contributed by atoms with van der Waals surface area (Å²) in [6.07, 6.45) is 0. The Labute approximate surface area is 164 Å². The van der Waals surface area contributed by atoms with Crippen molar-refractivity contribution in [3.63, 3.8) is 0 Å². The predicted molar refractivity (Wildman–Crippen MR) is 103 cm³/mol. The van der Waals surface area contributed by atoms with Crippen molar-refractivity contribution in [3.8, 4) is 0 Å². The summed E-state index contributed by atoms with van der Waals surface area (Å²) in [5.41, 5.74) is 5.34. The minimum atomic E-state index is -3.68. The van der Waals surface area contributed by atoms with Crippen molar-refractivity contribution in [2.75, 3.05) is 0 Å². The van der Waals surface area contributed by atoms with Gasteiger partial charge >= 0.3 is 0 Å². The van der Waals surface area contributed by atoms with Crippen LogP contribution in [-0.2, 0) is 14.8 Å². The number of hydrogen-bond donors (Lipinski definition) is 3. The lowest BCUT2D eigenvalue weighted by Crippen LogP contribution is -2.45. The van der Waals surface area contributed by atoms with Crippen molar-refractivity contribution in [1.82, 2.24) is 15.6 Å². The number of halogens is 1. The van der Waals surface area contributed by atoms with Crippen LogP contribution in [0.1, 0.15) is 22.8 Å². The largest absolute Gasteiger partial charge is 0.271 e. The molecule has 140 valence electrons. The molecule has 3 rings (SSSR count). The van der Waals surface area contributed by atoms with Gasteiger partial charge in [0.2, 0.25) is 0 Å². The Morgan fingerprint density at radius 3 is 2.48 bits per heavy atom. The zero-order valence-corrected chi connectivity index (χ0v) is 16.5. The maximum Gasteiger partial charge on any atom is 0.270 e. The van der Waals surface area contributed by atoms with Crippen molar-refractivity contribution < 1.29 is 18.0 Å². The fraction of sp³-hybridized carbons (Fsp3) is 0.118. The van der Waals surface area contributed by atoms with Crippen molar-refractivity contribution in [3.05, 3.63) is 64.1 Å². The van der Waals surface area contributed by atoms with Gasteiger partial charge in [0.1, 0.15) is 11.9 Å². The third kappa shape index (κ3) is 4.01. The van der Waals surface area contributed by atoms with Gasteiger partial charge in [0.05, 0.1) is 10.5 Å². The first kappa shape index (κ1) is 19.1. The van der Waals surface area contributed by atoms with Crippen molar-refractivity contribution in [1.29, 1.82) is 0 Å². The highest BCUT2D eigenvalue weighted by Crippen LogP contribution is 2.22. The summed E-state index contributed by atoms with van der Waals surface area (Å²) in [5, 5.41) is 0. The first-order chi connectivity index (χ1) is 12.8. The SMILES string of the molecule is C[C@@H](N=C1NS(=O)(=O)c2ccccc21)C(=O)NNC(=O)c1ccccc1Br. The Kier molecular flexibility index (Phi) is 5.29. The Hall–Kier alpha value is -2.72. The lowest BCUT2D eigenvalue weighted by molar-refractivity contribution is -0.122. The summed E-state index contributed by atoms with van der Waals surface area (Å²) < 4.78 is 27.0. The van der Waals surface area contributed by atoms with Gasteiger partial charge in [-0.3, -0.25) is 30.2 Å².